The molecule has 0 atom stereocenters. The molecule has 0 heterocycles. The van der Waals surface area contributed by atoms with Crippen molar-refractivity contribution in [3.63, 3.8) is 0 Å². The first-order valence-electron chi connectivity index (χ1n) is 12.8. The highest BCUT2D eigenvalue weighted by atomic mass is 32.2. The number of ether oxygens (including phenoxy) is 4. The van der Waals surface area contributed by atoms with Crippen molar-refractivity contribution in [2.75, 3.05) is 20.0 Å². The van der Waals surface area contributed by atoms with Gasteiger partial charge in [-0.2, -0.15) is 0 Å². The molecule has 46 heavy (non-hydrogen) atoms. The largest absolute Gasteiger partial charge is 0.494 e. The Bertz CT molecular complexity index is 1790. The minimum atomic E-state index is 0.213. The Balaban J connectivity index is 1.79. The number of nitrogens with two attached hydrogens (primary N) is 1. The minimum absolute atomic E-state index is 0.213. The van der Waals surface area contributed by atoms with Gasteiger partial charge in [-0.3, -0.25) is 0 Å². The Hall–Kier alpha value is -4.72. The molecule has 4 aromatic carbocycles. The van der Waals surface area contributed by atoms with Gasteiger partial charge in [0.05, 0.1) is 55.7 Å². The van der Waals surface area contributed by atoms with Crippen LogP contribution in [0.4, 0.5) is 28.4 Å². The van der Waals surface area contributed by atoms with E-state index >= 15 is 0 Å². The van der Waals surface area contributed by atoms with E-state index in [0.29, 0.717) is 44.3 Å². The van der Waals surface area contributed by atoms with Gasteiger partial charge in [0.15, 0.2) is 11.5 Å². The molecule has 4 rings (SSSR count). The summed E-state index contributed by atoms with van der Waals surface area (Å²) >= 11 is 1.42. The molecule has 15 nitrogen and oxygen atoms in total. The van der Waals surface area contributed by atoms with Gasteiger partial charge in [-0.1, -0.05) is 23.2 Å². The Morgan fingerprint density at radius 3 is 1.96 bits per heavy atom. The van der Waals surface area contributed by atoms with Crippen LogP contribution in [0.15, 0.2) is 104 Å². The van der Waals surface area contributed by atoms with Gasteiger partial charge in [-0.05, 0) is 54.3 Å². The van der Waals surface area contributed by atoms with E-state index in [1.54, 1.807) is 42.5 Å². The molecule has 0 radical (unpaired) electrons. The van der Waals surface area contributed by atoms with Gasteiger partial charge >= 0.3 is 0 Å². The summed E-state index contributed by atoms with van der Waals surface area (Å²) in [6.45, 7) is 9.10. The van der Waals surface area contributed by atoms with Gasteiger partial charge in [0, 0.05) is 28.1 Å². The number of azo groups is 2. The van der Waals surface area contributed by atoms with Gasteiger partial charge < -0.3 is 24.7 Å². The molecule has 0 amide bonds. The molecule has 0 fully saturated rings. The molecule has 0 bridgehead atoms. The lowest BCUT2D eigenvalue weighted by Crippen LogP contribution is -1.93. The molecular weight excluding hydrogens is 642 g/mol. The van der Waals surface area contributed by atoms with Gasteiger partial charge in [-0.15, -0.1) is 29.1 Å². The Kier molecular flexibility index (Phi) is 12.3. The summed E-state index contributed by atoms with van der Waals surface area (Å²) in [6.07, 6.45) is 2.47. The highest BCUT2D eigenvalue weighted by Crippen LogP contribution is 2.47. The lowest BCUT2D eigenvalue weighted by molar-refractivity contribution is -0.432. The van der Waals surface area contributed by atoms with Gasteiger partial charge in [-0.25, -0.2) is 10.5 Å². The quantitative estimate of drug-likeness (QED) is 0.0255. The number of nitrogen functional groups attached to an aromatic ring is 1. The van der Waals surface area contributed by atoms with E-state index < -0.39 is 0 Å². The molecule has 4 aromatic rings. The second kappa shape index (κ2) is 16.5. The standard InChI is InChI=1S/C29H27N5O10S2/c1-6-39-24-9-8-18(45-43-41-35)12-21(24)31-32-22-14-26(38-5)23(15-25(22)37-4)33-34-28-27(46-44-42-36)11-17-10-16(3)20(30)13-19(17)29(28)40-7-2/h6-15,35-36H,1-2,30H2,3-5H3. The van der Waals surface area contributed by atoms with Crippen LogP contribution in [0.3, 0.4) is 0 Å². The van der Waals surface area contributed by atoms with Crippen molar-refractivity contribution in [2.45, 2.75) is 16.7 Å². The van der Waals surface area contributed by atoms with E-state index in [1.165, 1.54) is 26.7 Å². The number of benzene rings is 4. The maximum atomic E-state index is 8.81. The molecule has 0 aliphatic rings. The van der Waals surface area contributed by atoms with Crippen molar-refractivity contribution in [1.29, 1.82) is 0 Å². The molecule has 0 aromatic heterocycles. The van der Waals surface area contributed by atoms with E-state index in [-0.39, 0.29) is 34.3 Å². The predicted octanol–water partition coefficient (Wildman–Crippen LogP) is 9.48. The second-order valence-electron chi connectivity index (χ2n) is 8.73. The molecule has 240 valence electrons. The van der Waals surface area contributed by atoms with Crippen LogP contribution >= 0.6 is 24.1 Å². The van der Waals surface area contributed by atoms with Crippen LogP contribution in [0.25, 0.3) is 10.8 Å². The van der Waals surface area contributed by atoms with Crippen LogP contribution in [0.5, 0.6) is 23.0 Å². The van der Waals surface area contributed by atoms with Gasteiger partial charge in [0.25, 0.3) is 0 Å². The molecule has 0 aliphatic carbocycles. The van der Waals surface area contributed by atoms with Gasteiger partial charge in [0.1, 0.15) is 34.2 Å². The van der Waals surface area contributed by atoms with Crippen molar-refractivity contribution in [1.82, 2.24) is 0 Å². The third kappa shape index (κ3) is 8.10. The number of hydrogen-bond acceptors (Lipinski definition) is 17. The third-order valence-corrected chi connectivity index (χ3v) is 7.27. The zero-order valence-corrected chi connectivity index (χ0v) is 26.2. The molecule has 0 saturated heterocycles. The number of hydrogen-bond donors (Lipinski definition) is 3. The zero-order valence-electron chi connectivity index (χ0n) is 24.5. The van der Waals surface area contributed by atoms with E-state index in [9.17, 15) is 0 Å². The topological polar surface area (TPSA) is 190 Å². The Labute approximate surface area is 271 Å². The maximum absolute atomic E-state index is 8.81. The first-order chi connectivity index (χ1) is 22.4. The fourth-order valence-corrected chi connectivity index (χ4v) is 4.91. The summed E-state index contributed by atoms with van der Waals surface area (Å²) in [5, 5.41) is 43.6. The molecule has 17 heteroatoms. The van der Waals surface area contributed by atoms with Crippen LogP contribution in [-0.4, -0.2) is 24.7 Å². The number of rotatable bonds is 16. The highest BCUT2D eigenvalue weighted by molar-refractivity contribution is 7.94. The number of aryl methyl sites for hydroxylation is 1. The third-order valence-electron chi connectivity index (χ3n) is 6.08. The van der Waals surface area contributed by atoms with Crippen molar-refractivity contribution in [3.05, 3.63) is 79.8 Å². The summed E-state index contributed by atoms with van der Waals surface area (Å²) < 4.78 is 31.5. The van der Waals surface area contributed by atoms with Gasteiger partial charge in [0.2, 0.25) is 0 Å². The van der Waals surface area contributed by atoms with E-state index in [0.717, 1.165) is 23.0 Å². The average Bonchev–Trinajstić information content (AvgIpc) is 3.06. The van der Waals surface area contributed by atoms with Crippen LogP contribution in [-0.2, 0) is 18.7 Å². The predicted molar refractivity (Wildman–Crippen MR) is 170 cm³/mol. The highest BCUT2D eigenvalue weighted by Gasteiger charge is 2.19. The SMILES string of the molecule is C=COc1ccc(SOOO)cc1N=Nc1cc(OC)c(N=Nc2c(SOOO)cc3cc(C)c(N)cc3c2OC=C)cc1OC. The fourth-order valence-electron chi connectivity index (χ4n) is 4.03. The normalized spacial score (nSPS) is 11.3. The molecule has 0 spiro atoms. The summed E-state index contributed by atoms with van der Waals surface area (Å²) in [7, 11) is 2.90. The summed E-state index contributed by atoms with van der Waals surface area (Å²) in [6, 6.07) is 13.3. The lowest BCUT2D eigenvalue weighted by atomic mass is 10.0. The lowest BCUT2D eigenvalue weighted by Gasteiger charge is -2.14. The van der Waals surface area contributed by atoms with Crippen molar-refractivity contribution >= 4 is 63.3 Å². The molecule has 0 saturated carbocycles. The average molecular weight is 670 g/mol. The Morgan fingerprint density at radius 1 is 0.739 bits per heavy atom. The first kappa shape index (κ1) is 34.2. The molecule has 0 unspecified atom stereocenters. The van der Waals surface area contributed by atoms with E-state index in [2.05, 4.69) is 48.0 Å². The van der Waals surface area contributed by atoms with Crippen LogP contribution in [0, 0.1) is 6.92 Å². The van der Waals surface area contributed by atoms with Crippen LogP contribution < -0.4 is 24.7 Å². The number of nitrogens with zero attached hydrogens (tertiary/aromatic N) is 4. The number of anilines is 1. The molecular formula is C29H27N5O10S2. The summed E-state index contributed by atoms with van der Waals surface area (Å²) in [5.41, 5.74) is 8.63. The van der Waals surface area contributed by atoms with Crippen LogP contribution in [0.1, 0.15) is 5.56 Å². The Morgan fingerprint density at radius 2 is 1.35 bits per heavy atom. The smallest absolute Gasteiger partial charge is 0.163 e. The zero-order chi connectivity index (χ0) is 33.1. The first-order valence-corrected chi connectivity index (χ1v) is 14.3. The molecule has 0 aliphatic heterocycles. The minimum Gasteiger partial charge on any atom is -0.494 e. The molecule has 4 N–H and O–H groups in total. The van der Waals surface area contributed by atoms with E-state index in [4.69, 9.17) is 39.5 Å². The fraction of sp³-hybridized carbons (Fsp3) is 0.103. The number of methoxy groups -OCH3 is 2. The van der Waals surface area contributed by atoms with Crippen molar-refractivity contribution in [2.24, 2.45) is 20.5 Å². The van der Waals surface area contributed by atoms with Crippen molar-refractivity contribution < 1.29 is 48.2 Å². The van der Waals surface area contributed by atoms with Crippen molar-refractivity contribution in [3.8, 4) is 23.0 Å². The summed E-state index contributed by atoms with van der Waals surface area (Å²) in [5.74, 6) is 1.17. The maximum Gasteiger partial charge on any atom is 0.163 e. The monoisotopic (exact) mass is 669 g/mol. The summed E-state index contributed by atoms with van der Waals surface area (Å²) in [4.78, 5) is 0.913. The number of fused-ring (bicyclic) bond motifs is 1. The second-order valence-corrected chi connectivity index (χ2v) is 10.2. The van der Waals surface area contributed by atoms with Crippen LogP contribution in [0.2, 0.25) is 0 Å². The van der Waals surface area contributed by atoms with E-state index in [1.807, 2.05) is 13.0 Å².